The Morgan fingerprint density at radius 2 is 0.952 bits per heavy atom. The van der Waals surface area contributed by atoms with Gasteiger partial charge in [-0.2, -0.15) is 0 Å². The fraction of sp³-hybridized carbons (Fsp3) is 0.750. The summed E-state index contributed by atoms with van der Waals surface area (Å²) in [4.78, 5) is 13.2. The number of ketones is 1. The van der Waals surface area contributed by atoms with E-state index >= 15 is 0 Å². The molecule has 1 aliphatic carbocycles. The maximum Gasteiger partial charge on any atom is 0.186 e. The number of rotatable bonds is 1. The Kier molecular flexibility index (Phi) is 4.43. The topological polar surface area (TPSA) is 17.1 Å². The normalized spacial score (nSPS) is 18.4. The molecule has 0 spiro atoms. The van der Waals surface area contributed by atoms with Crippen molar-refractivity contribution in [2.45, 2.75) is 76.2 Å². The van der Waals surface area contributed by atoms with Crippen LogP contribution in [0.3, 0.4) is 0 Å². The largest absolute Gasteiger partial charge is 0.289 e. The standard InChI is InChI=1S/C20H34O/c1-12(2)13-14(18(3,4)5)15(19(6,7)8)16(17(13)21)20(9,10)11/h12H,1-11H3. The van der Waals surface area contributed by atoms with Crippen molar-refractivity contribution >= 4 is 5.78 Å². The molecule has 1 heteroatoms. The second kappa shape index (κ2) is 5.11. The van der Waals surface area contributed by atoms with Gasteiger partial charge in [0.2, 0.25) is 0 Å². The number of Topliss-reactive ketones (excluding diaryl/α,β-unsaturated/α-hetero) is 1. The molecule has 0 aliphatic heterocycles. The van der Waals surface area contributed by atoms with E-state index in [0.717, 1.165) is 11.1 Å². The van der Waals surface area contributed by atoms with Crippen LogP contribution in [-0.2, 0) is 4.79 Å². The fourth-order valence-electron chi connectivity index (χ4n) is 3.42. The van der Waals surface area contributed by atoms with Gasteiger partial charge in [0, 0.05) is 11.1 Å². The zero-order valence-electron chi connectivity index (χ0n) is 16.0. The molecule has 0 saturated heterocycles. The van der Waals surface area contributed by atoms with Gasteiger partial charge < -0.3 is 0 Å². The molecule has 0 N–H and O–H groups in total. The zero-order chi connectivity index (χ0) is 17.0. The van der Waals surface area contributed by atoms with Crippen LogP contribution in [0.15, 0.2) is 22.3 Å². The summed E-state index contributed by atoms with van der Waals surface area (Å²) in [5.41, 5.74) is 4.51. The summed E-state index contributed by atoms with van der Waals surface area (Å²) < 4.78 is 0. The Balaban J connectivity index is 3.85. The van der Waals surface area contributed by atoms with E-state index in [1.165, 1.54) is 11.1 Å². The summed E-state index contributed by atoms with van der Waals surface area (Å²) in [6, 6.07) is 0. The van der Waals surface area contributed by atoms with E-state index in [1.807, 2.05) is 0 Å². The predicted molar refractivity (Wildman–Crippen MR) is 92.3 cm³/mol. The van der Waals surface area contributed by atoms with Gasteiger partial charge in [-0.25, -0.2) is 0 Å². The van der Waals surface area contributed by atoms with Gasteiger partial charge >= 0.3 is 0 Å². The summed E-state index contributed by atoms with van der Waals surface area (Å²) >= 11 is 0. The van der Waals surface area contributed by atoms with Gasteiger partial charge in [-0.3, -0.25) is 4.79 Å². The lowest BCUT2D eigenvalue weighted by Crippen LogP contribution is -2.24. The van der Waals surface area contributed by atoms with Crippen molar-refractivity contribution in [1.82, 2.24) is 0 Å². The molecular formula is C20H34O. The van der Waals surface area contributed by atoms with Crippen LogP contribution in [0.4, 0.5) is 0 Å². The minimum absolute atomic E-state index is 0.00905. The summed E-state index contributed by atoms with van der Waals surface area (Å²) in [7, 11) is 0. The molecule has 0 heterocycles. The number of carbonyl (C=O) groups is 1. The van der Waals surface area contributed by atoms with Crippen molar-refractivity contribution in [1.29, 1.82) is 0 Å². The van der Waals surface area contributed by atoms with Gasteiger partial charge in [-0.15, -0.1) is 0 Å². The maximum atomic E-state index is 13.2. The lowest BCUT2D eigenvalue weighted by molar-refractivity contribution is -0.113. The molecule has 0 atom stereocenters. The third-order valence-corrected chi connectivity index (χ3v) is 4.07. The highest BCUT2D eigenvalue weighted by molar-refractivity contribution is 6.14. The Morgan fingerprint density at radius 3 is 1.19 bits per heavy atom. The van der Waals surface area contributed by atoms with Crippen molar-refractivity contribution < 1.29 is 4.79 Å². The number of carbonyl (C=O) groups excluding carboxylic acids is 1. The van der Waals surface area contributed by atoms with E-state index in [4.69, 9.17) is 0 Å². The molecule has 0 amide bonds. The van der Waals surface area contributed by atoms with Crippen LogP contribution < -0.4 is 0 Å². The predicted octanol–water partition coefficient (Wildman–Crippen LogP) is 5.96. The molecule has 1 aliphatic rings. The summed E-state index contributed by atoms with van der Waals surface area (Å²) in [5, 5.41) is 0. The van der Waals surface area contributed by atoms with Crippen molar-refractivity contribution in [3.8, 4) is 0 Å². The number of hydrogen-bond acceptors (Lipinski definition) is 1. The third kappa shape index (κ3) is 3.33. The van der Waals surface area contributed by atoms with Crippen molar-refractivity contribution in [2.24, 2.45) is 22.2 Å². The fourth-order valence-corrected chi connectivity index (χ4v) is 3.42. The maximum absolute atomic E-state index is 13.2. The lowest BCUT2D eigenvalue weighted by atomic mass is 9.69. The molecule has 0 unspecified atom stereocenters. The van der Waals surface area contributed by atoms with Crippen molar-refractivity contribution in [3.05, 3.63) is 22.3 Å². The highest BCUT2D eigenvalue weighted by Crippen LogP contribution is 2.53. The minimum Gasteiger partial charge on any atom is -0.289 e. The van der Waals surface area contributed by atoms with Crippen LogP contribution in [0.5, 0.6) is 0 Å². The van der Waals surface area contributed by atoms with Crippen LogP contribution in [0.2, 0.25) is 0 Å². The minimum atomic E-state index is -0.118. The Hall–Kier alpha value is -0.850. The van der Waals surface area contributed by atoms with E-state index < -0.39 is 0 Å². The molecular weight excluding hydrogens is 256 g/mol. The van der Waals surface area contributed by atoms with E-state index in [0.29, 0.717) is 0 Å². The molecule has 1 rings (SSSR count). The number of allylic oxidation sites excluding steroid dienone is 4. The first-order chi connectivity index (χ1) is 9.10. The van der Waals surface area contributed by atoms with Crippen molar-refractivity contribution in [3.63, 3.8) is 0 Å². The van der Waals surface area contributed by atoms with E-state index in [2.05, 4.69) is 76.2 Å². The van der Waals surface area contributed by atoms with Crippen molar-refractivity contribution in [2.75, 3.05) is 0 Å². The van der Waals surface area contributed by atoms with Crippen LogP contribution in [0.1, 0.15) is 76.2 Å². The molecule has 0 aromatic heterocycles. The molecule has 0 radical (unpaired) electrons. The average molecular weight is 290 g/mol. The summed E-state index contributed by atoms with van der Waals surface area (Å²) in [6.07, 6.45) is 0. The van der Waals surface area contributed by atoms with Crippen LogP contribution in [-0.4, -0.2) is 5.78 Å². The quantitative estimate of drug-likeness (QED) is 0.582. The second-order valence-corrected chi connectivity index (χ2v) is 9.77. The SMILES string of the molecule is CC(C)C1=C(C(C)(C)C)C(C(C)(C)C)=C(C(C)(C)C)C1=O. The van der Waals surface area contributed by atoms with Crippen LogP contribution in [0.25, 0.3) is 0 Å². The number of hydrogen-bond donors (Lipinski definition) is 0. The summed E-state index contributed by atoms with van der Waals surface area (Å²) in [5.74, 6) is 0.552. The lowest BCUT2D eigenvalue weighted by Gasteiger charge is -2.34. The third-order valence-electron chi connectivity index (χ3n) is 4.07. The first-order valence-electron chi connectivity index (χ1n) is 8.15. The smallest absolute Gasteiger partial charge is 0.186 e. The molecule has 1 nitrogen and oxygen atoms in total. The van der Waals surface area contributed by atoms with Gasteiger partial charge in [-0.05, 0) is 33.3 Å². The molecule has 0 bridgehead atoms. The van der Waals surface area contributed by atoms with Crippen LogP contribution in [0, 0.1) is 22.2 Å². The highest BCUT2D eigenvalue weighted by atomic mass is 16.1. The molecule has 21 heavy (non-hydrogen) atoms. The van der Waals surface area contributed by atoms with Gasteiger partial charge in [0.1, 0.15) is 0 Å². The van der Waals surface area contributed by atoms with Gasteiger partial charge in [-0.1, -0.05) is 76.2 Å². The van der Waals surface area contributed by atoms with Gasteiger partial charge in [0.15, 0.2) is 5.78 Å². The molecule has 0 aromatic rings. The molecule has 0 fully saturated rings. The zero-order valence-corrected chi connectivity index (χ0v) is 16.0. The highest BCUT2D eigenvalue weighted by Gasteiger charge is 2.45. The van der Waals surface area contributed by atoms with Gasteiger partial charge in [0.25, 0.3) is 0 Å². The molecule has 120 valence electrons. The molecule has 0 saturated carbocycles. The second-order valence-electron chi connectivity index (χ2n) is 9.77. The summed E-state index contributed by atoms with van der Waals surface area (Å²) in [6.45, 7) is 24.2. The Labute approximate surface area is 131 Å². The monoisotopic (exact) mass is 290 g/mol. The Bertz CT molecular complexity index is 506. The van der Waals surface area contributed by atoms with E-state index in [9.17, 15) is 4.79 Å². The van der Waals surface area contributed by atoms with E-state index in [-0.39, 0.29) is 27.9 Å². The first-order valence-corrected chi connectivity index (χ1v) is 8.15. The van der Waals surface area contributed by atoms with Gasteiger partial charge in [0.05, 0.1) is 0 Å². The molecule has 0 aromatic carbocycles. The van der Waals surface area contributed by atoms with E-state index in [1.54, 1.807) is 0 Å². The van der Waals surface area contributed by atoms with Crippen LogP contribution >= 0.6 is 0 Å². The average Bonchev–Trinajstić information content (AvgIpc) is 2.49. The Morgan fingerprint density at radius 1 is 0.619 bits per heavy atom. The first kappa shape index (κ1) is 18.2.